The first kappa shape index (κ1) is 10.7. The number of halogens is 2. The van der Waals surface area contributed by atoms with Crippen molar-refractivity contribution in [1.82, 2.24) is 9.97 Å². The molecule has 0 saturated carbocycles. The molecule has 0 unspecified atom stereocenters. The number of aromatic nitrogens is 2. The summed E-state index contributed by atoms with van der Waals surface area (Å²) in [6, 6.07) is 1.93. The second kappa shape index (κ2) is 4.52. The molecule has 62 valence electrons. The third-order valence-electron chi connectivity index (χ3n) is 1.15. The average molecular weight is 193 g/mol. The first-order chi connectivity index (χ1) is 4.72. The molecule has 11 heavy (non-hydrogen) atoms. The summed E-state index contributed by atoms with van der Waals surface area (Å²) in [4.78, 5) is 8.22. The van der Waals surface area contributed by atoms with Crippen LogP contribution in [0.3, 0.4) is 0 Å². The molecular formula is C7H10Cl2N2. The van der Waals surface area contributed by atoms with Crippen LogP contribution in [0.5, 0.6) is 0 Å². The van der Waals surface area contributed by atoms with Gasteiger partial charge in [-0.05, 0) is 19.9 Å². The number of nitrogens with zero attached hydrogens (tertiary/aromatic N) is 2. The van der Waals surface area contributed by atoms with Crippen LogP contribution in [-0.4, -0.2) is 9.97 Å². The van der Waals surface area contributed by atoms with E-state index in [2.05, 4.69) is 9.97 Å². The summed E-state index contributed by atoms with van der Waals surface area (Å²) in [5, 5.41) is 0. The van der Waals surface area contributed by atoms with Crippen molar-refractivity contribution in [3.63, 3.8) is 0 Å². The molecule has 0 aliphatic carbocycles. The number of rotatable bonds is 1. The summed E-state index contributed by atoms with van der Waals surface area (Å²) in [5.41, 5.74) is 1.95. The molecule has 4 heteroatoms. The Bertz CT molecular complexity index is 218. The van der Waals surface area contributed by atoms with Crippen molar-refractivity contribution in [2.75, 3.05) is 0 Å². The maximum atomic E-state index is 5.55. The van der Waals surface area contributed by atoms with Crippen LogP contribution in [0.2, 0.25) is 0 Å². The summed E-state index contributed by atoms with van der Waals surface area (Å²) in [6.45, 7) is 3.87. The van der Waals surface area contributed by atoms with Crippen molar-refractivity contribution in [2.24, 2.45) is 0 Å². The standard InChI is InChI=1S/C7H9ClN2.ClH/c1-5-3-6(2)10-7(4-8)9-5;/h3H,4H2,1-2H3;1H. The summed E-state index contributed by atoms with van der Waals surface area (Å²) in [7, 11) is 0. The zero-order chi connectivity index (χ0) is 7.56. The van der Waals surface area contributed by atoms with E-state index in [-0.39, 0.29) is 12.4 Å². The molecule has 0 saturated heterocycles. The molecule has 2 nitrogen and oxygen atoms in total. The summed E-state index contributed by atoms with van der Waals surface area (Å²) in [5.74, 6) is 1.10. The van der Waals surface area contributed by atoms with Crippen LogP contribution in [0.25, 0.3) is 0 Å². The molecule has 1 aromatic rings. The fourth-order valence-corrected chi connectivity index (χ4v) is 0.978. The molecule has 0 aromatic carbocycles. The Kier molecular flexibility index (Phi) is 4.38. The maximum absolute atomic E-state index is 5.55. The van der Waals surface area contributed by atoms with E-state index in [4.69, 9.17) is 11.6 Å². The van der Waals surface area contributed by atoms with E-state index in [0.29, 0.717) is 11.7 Å². The van der Waals surface area contributed by atoms with Crippen LogP contribution >= 0.6 is 24.0 Å². The lowest BCUT2D eigenvalue weighted by Crippen LogP contribution is -1.95. The van der Waals surface area contributed by atoms with Crippen molar-refractivity contribution in [2.45, 2.75) is 19.7 Å². The number of alkyl halides is 1. The highest BCUT2D eigenvalue weighted by Crippen LogP contribution is 2.00. The Hall–Kier alpha value is -0.340. The number of hydrogen-bond acceptors (Lipinski definition) is 2. The zero-order valence-electron chi connectivity index (χ0n) is 6.47. The van der Waals surface area contributed by atoms with Gasteiger partial charge in [0.2, 0.25) is 0 Å². The van der Waals surface area contributed by atoms with Gasteiger partial charge in [0.25, 0.3) is 0 Å². The van der Waals surface area contributed by atoms with Gasteiger partial charge in [-0.2, -0.15) is 0 Å². The van der Waals surface area contributed by atoms with E-state index < -0.39 is 0 Å². The molecule has 0 atom stereocenters. The molecule has 0 aliphatic rings. The monoisotopic (exact) mass is 192 g/mol. The predicted molar refractivity (Wildman–Crippen MR) is 48.3 cm³/mol. The lowest BCUT2D eigenvalue weighted by atomic mass is 10.3. The van der Waals surface area contributed by atoms with Crippen molar-refractivity contribution in [3.05, 3.63) is 23.3 Å². The van der Waals surface area contributed by atoms with Crippen LogP contribution in [0.4, 0.5) is 0 Å². The van der Waals surface area contributed by atoms with Crippen LogP contribution < -0.4 is 0 Å². The molecule has 1 rings (SSSR count). The minimum absolute atomic E-state index is 0. The summed E-state index contributed by atoms with van der Waals surface area (Å²) >= 11 is 5.55. The third kappa shape index (κ3) is 3.04. The topological polar surface area (TPSA) is 25.8 Å². The summed E-state index contributed by atoms with van der Waals surface area (Å²) < 4.78 is 0. The van der Waals surface area contributed by atoms with E-state index >= 15 is 0 Å². The highest BCUT2D eigenvalue weighted by Gasteiger charge is 1.95. The third-order valence-corrected chi connectivity index (χ3v) is 1.39. The molecule has 0 N–H and O–H groups in total. The van der Waals surface area contributed by atoms with Gasteiger partial charge in [0.1, 0.15) is 5.82 Å². The average Bonchev–Trinajstić information content (AvgIpc) is 1.85. The molecule has 0 fully saturated rings. The SMILES string of the molecule is Cc1cc(C)nc(CCl)n1.Cl. The lowest BCUT2D eigenvalue weighted by Gasteiger charge is -1.97. The van der Waals surface area contributed by atoms with Gasteiger partial charge in [-0.3, -0.25) is 0 Å². The Labute approximate surface area is 77.4 Å². The van der Waals surface area contributed by atoms with Crippen LogP contribution in [0, 0.1) is 13.8 Å². The van der Waals surface area contributed by atoms with Gasteiger partial charge in [-0.25, -0.2) is 9.97 Å². The van der Waals surface area contributed by atoms with E-state index in [1.807, 2.05) is 19.9 Å². The second-order valence-corrected chi connectivity index (χ2v) is 2.47. The van der Waals surface area contributed by atoms with Crippen molar-refractivity contribution in [3.8, 4) is 0 Å². The molecule has 0 bridgehead atoms. The lowest BCUT2D eigenvalue weighted by molar-refractivity contribution is 0.960. The van der Waals surface area contributed by atoms with Crippen molar-refractivity contribution >= 4 is 24.0 Å². The molecule has 0 aliphatic heterocycles. The van der Waals surface area contributed by atoms with E-state index in [1.165, 1.54) is 0 Å². The molecule has 1 heterocycles. The minimum Gasteiger partial charge on any atom is -0.237 e. The number of aryl methyl sites for hydroxylation is 2. The molecule has 0 spiro atoms. The smallest absolute Gasteiger partial charge is 0.143 e. The maximum Gasteiger partial charge on any atom is 0.143 e. The normalized spacial score (nSPS) is 9.00. The van der Waals surface area contributed by atoms with Gasteiger partial charge in [-0.15, -0.1) is 24.0 Å². The molecule has 0 amide bonds. The van der Waals surface area contributed by atoms with Gasteiger partial charge in [0.05, 0.1) is 5.88 Å². The van der Waals surface area contributed by atoms with Crippen LogP contribution in [0.1, 0.15) is 17.2 Å². The molecule has 0 radical (unpaired) electrons. The Morgan fingerprint density at radius 2 is 1.73 bits per heavy atom. The zero-order valence-corrected chi connectivity index (χ0v) is 8.04. The summed E-state index contributed by atoms with van der Waals surface area (Å²) in [6.07, 6.45) is 0. The first-order valence-corrected chi connectivity index (χ1v) is 3.63. The van der Waals surface area contributed by atoms with Crippen molar-refractivity contribution < 1.29 is 0 Å². The quantitative estimate of drug-likeness (QED) is 0.639. The van der Waals surface area contributed by atoms with Crippen molar-refractivity contribution in [1.29, 1.82) is 0 Å². The predicted octanol–water partition coefficient (Wildman–Crippen LogP) is 2.25. The van der Waals surface area contributed by atoms with E-state index in [9.17, 15) is 0 Å². The fraction of sp³-hybridized carbons (Fsp3) is 0.429. The van der Waals surface area contributed by atoms with Gasteiger partial charge in [-0.1, -0.05) is 0 Å². The largest absolute Gasteiger partial charge is 0.237 e. The van der Waals surface area contributed by atoms with Crippen LogP contribution in [0.15, 0.2) is 6.07 Å². The second-order valence-electron chi connectivity index (χ2n) is 2.20. The van der Waals surface area contributed by atoms with Gasteiger partial charge in [0, 0.05) is 11.4 Å². The first-order valence-electron chi connectivity index (χ1n) is 3.09. The fourth-order valence-electron chi connectivity index (χ4n) is 0.859. The Morgan fingerprint density at radius 3 is 2.09 bits per heavy atom. The van der Waals surface area contributed by atoms with Gasteiger partial charge in [0.15, 0.2) is 0 Å². The van der Waals surface area contributed by atoms with Gasteiger partial charge >= 0.3 is 0 Å². The number of hydrogen-bond donors (Lipinski definition) is 0. The minimum atomic E-state index is 0. The molecule has 1 aromatic heterocycles. The van der Waals surface area contributed by atoms with E-state index in [0.717, 1.165) is 11.4 Å². The highest BCUT2D eigenvalue weighted by molar-refractivity contribution is 6.16. The Balaban J connectivity index is 0.000001000. The van der Waals surface area contributed by atoms with Crippen LogP contribution in [-0.2, 0) is 5.88 Å². The van der Waals surface area contributed by atoms with Gasteiger partial charge < -0.3 is 0 Å². The highest BCUT2D eigenvalue weighted by atomic mass is 35.5. The van der Waals surface area contributed by atoms with E-state index in [1.54, 1.807) is 0 Å². The Morgan fingerprint density at radius 1 is 1.27 bits per heavy atom. The molecular weight excluding hydrogens is 183 g/mol.